The summed E-state index contributed by atoms with van der Waals surface area (Å²) in [6.45, 7) is 6.34. The van der Waals surface area contributed by atoms with E-state index in [4.69, 9.17) is 9.47 Å². The summed E-state index contributed by atoms with van der Waals surface area (Å²) in [4.78, 5) is 11.0. The molecule has 0 aliphatic heterocycles. The number of benzene rings is 1. The average Bonchev–Trinajstić information content (AvgIpc) is 2.54. The van der Waals surface area contributed by atoms with Gasteiger partial charge in [0.15, 0.2) is 0 Å². The topological polar surface area (TPSA) is 35.5 Å². The van der Waals surface area contributed by atoms with Crippen LogP contribution in [0.25, 0.3) is 0 Å². The molecule has 3 nitrogen and oxygen atoms in total. The van der Waals surface area contributed by atoms with Crippen molar-refractivity contribution >= 4 is 5.97 Å². The maximum atomic E-state index is 11.0. The second kappa shape index (κ2) is 11.8. The zero-order chi connectivity index (χ0) is 16.0. The molecule has 0 fully saturated rings. The Balaban J connectivity index is 2.07. The van der Waals surface area contributed by atoms with Gasteiger partial charge in [0.2, 0.25) is 0 Å². The molecule has 0 unspecified atom stereocenters. The van der Waals surface area contributed by atoms with Gasteiger partial charge in [-0.25, -0.2) is 4.79 Å². The highest BCUT2D eigenvalue weighted by Crippen LogP contribution is 2.18. The van der Waals surface area contributed by atoms with Crippen LogP contribution in [0.5, 0.6) is 11.5 Å². The largest absolute Gasteiger partial charge is 0.494 e. The van der Waals surface area contributed by atoms with Gasteiger partial charge in [-0.05, 0) is 30.7 Å². The van der Waals surface area contributed by atoms with Crippen molar-refractivity contribution in [1.29, 1.82) is 0 Å². The third-order valence-electron chi connectivity index (χ3n) is 3.48. The van der Waals surface area contributed by atoms with E-state index in [-0.39, 0.29) is 0 Å². The second-order valence-electron chi connectivity index (χ2n) is 5.42. The van der Waals surface area contributed by atoms with Crippen molar-refractivity contribution in [3.8, 4) is 11.5 Å². The van der Waals surface area contributed by atoms with Gasteiger partial charge in [0.05, 0.1) is 6.61 Å². The first-order valence-electron chi connectivity index (χ1n) is 8.33. The molecule has 1 aromatic carbocycles. The predicted molar refractivity (Wildman–Crippen MR) is 90.4 cm³/mol. The highest BCUT2D eigenvalue weighted by Gasteiger charge is 2.00. The molecule has 22 heavy (non-hydrogen) atoms. The molecule has 0 aliphatic rings. The number of hydrogen-bond donors (Lipinski definition) is 0. The van der Waals surface area contributed by atoms with Crippen LogP contribution in [0.1, 0.15) is 58.3 Å². The van der Waals surface area contributed by atoms with Crippen LogP contribution in [-0.2, 0) is 4.79 Å². The molecule has 0 bridgehead atoms. The highest BCUT2D eigenvalue weighted by molar-refractivity contribution is 5.83. The minimum Gasteiger partial charge on any atom is -0.494 e. The summed E-state index contributed by atoms with van der Waals surface area (Å²) in [5.41, 5.74) is 0. The van der Waals surface area contributed by atoms with Crippen molar-refractivity contribution in [3.63, 3.8) is 0 Å². The van der Waals surface area contributed by atoms with Crippen molar-refractivity contribution in [2.24, 2.45) is 0 Å². The van der Waals surface area contributed by atoms with Gasteiger partial charge < -0.3 is 9.47 Å². The Morgan fingerprint density at radius 1 is 0.955 bits per heavy atom. The van der Waals surface area contributed by atoms with Crippen LogP contribution in [0.4, 0.5) is 0 Å². The average molecular weight is 304 g/mol. The van der Waals surface area contributed by atoms with Crippen LogP contribution in [0, 0.1) is 0 Å². The number of carbonyl (C=O) groups is 1. The fourth-order valence-electron chi connectivity index (χ4n) is 2.19. The van der Waals surface area contributed by atoms with E-state index in [1.54, 1.807) is 12.1 Å². The Morgan fingerprint density at radius 2 is 1.50 bits per heavy atom. The number of carbonyl (C=O) groups excluding carboxylic acids is 1. The molecule has 3 heteroatoms. The first-order valence-corrected chi connectivity index (χ1v) is 8.33. The second-order valence-corrected chi connectivity index (χ2v) is 5.42. The van der Waals surface area contributed by atoms with Gasteiger partial charge in [-0.2, -0.15) is 0 Å². The summed E-state index contributed by atoms with van der Waals surface area (Å²) in [5, 5.41) is 0. The van der Waals surface area contributed by atoms with E-state index < -0.39 is 5.97 Å². The van der Waals surface area contributed by atoms with Gasteiger partial charge >= 0.3 is 5.97 Å². The van der Waals surface area contributed by atoms with Gasteiger partial charge in [-0.1, -0.05) is 58.4 Å². The van der Waals surface area contributed by atoms with E-state index in [1.165, 1.54) is 44.9 Å². The van der Waals surface area contributed by atoms with Crippen molar-refractivity contribution < 1.29 is 14.3 Å². The maximum Gasteiger partial charge on any atom is 0.335 e. The van der Waals surface area contributed by atoms with Crippen LogP contribution >= 0.6 is 0 Å². The minimum atomic E-state index is -0.451. The van der Waals surface area contributed by atoms with Gasteiger partial charge in [0.25, 0.3) is 0 Å². The van der Waals surface area contributed by atoms with Gasteiger partial charge in [-0.3, -0.25) is 0 Å². The number of rotatable bonds is 12. The van der Waals surface area contributed by atoms with Crippen molar-refractivity contribution in [3.05, 3.63) is 36.9 Å². The van der Waals surface area contributed by atoms with Gasteiger partial charge in [0, 0.05) is 6.08 Å². The monoisotopic (exact) mass is 304 g/mol. The summed E-state index contributed by atoms with van der Waals surface area (Å²) in [6.07, 6.45) is 11.5. The molecule has 0 aliphatic carbocycles. The summed E-state index contributed by atoms with van der Waals surface area (Å²) in [7, 11) is 0. The Morgan fingerprint density at radius 3 is 2.09 bits per heavy atom. The van der Waals surface area contributed by atoms with Crippen LogP contribution in [0.15, 0.2) is 36.9 Å². The minimum absolute atomic E-state index is 0.451. The Labute approximate surface area is 134 Å². The van der Waals surface area contributed by atoms with Crippen LogP contribution < -0.4 is 9.47 Å². The molecule has 1 aromatic rings. The summed E-state index contributed by atoms with van der Waals surface area (Å²) in [5.74, 6) is 0.860. The van der Waals surface area contributed by atoms with E-state index in [2.05, 4.69) is 13.5 Å². The zero-order valence-corrected chi connectivity index (χ0v) is 13.7. The molecule has 0 saturated heterocycles. The van der Waals surface area contributed by atoms with Crippen molar-refractivity contribution in [2.45, 2.75) is 58.3 Å². The summed E-state index contributed by atoms with van der Waals surface area (Å²) >= 11 is 0. The van der Waals surface area contributed by atoms with E-state index in [0.717, 1.165) is 24.9 Å². The summed E-state index contributed by atoms with van der Waals surface area (Å²) in [6, 6.07) is 7.09. The van der Waals surface area contributed by atoms with Crippen LogP contribution in [-0.4, -0.2) is 12.6 Å². The highest BCUT2D eigenvalue weighted by atomic mass is 16.5. The number of unbranched alkanes of at least 4 members (excludes halogenated alkanes) is 7. The molecule has 0 radical (unpaired) electrons. The molecule has 0 amide bonds. The molecule has 0 spiro atoms. The normalized spacial score (nSPS) is 10.2. The predicted octanol–water partition coefficient (Wildman–Crippen LogP) is 5.30. The summed E-state index contributed by atoms with van der Waals surface area (Å²) < 4.78 is 10.7. The molecular formula is C19H28O3. The molecule has 0 heterocycles. The lowest BCUT2D eigenvalue weighted by Crippen LogP contribution is -2.03. The fraction of sp³-hybridized carbons (Fsp3) is 0.526. The number of ether oxygens (including phenoxy) is 2. The van der Waals surface area contributed by atoms with Crippen LogP contribution in [0.3, 0.4) is 0 Å². The maximum absolute atomic E-state index is 11.0. The lowest BCUT2D eigenvalue weighted by atomic mass is 10.1. The van der Waals surface area contributed by atoms with Crippen molar-refractivity contribution in [2.75, 3.05) is 6.61 Å². The quantitative estimate of drug-likeness (QED) is 0.227. The number of esters is 1. The van der Waals surface area contributed by atoms with E-state index in [0.29, 0.717) is 5.75 Å². The molecule has 0 atom stereocenters. The van der Waals surface area contributed by atoms with Crippen LogP contribution in [0.2, 0.25) is 0 Å². The lowest BCUT2D eigenvalue weighted by molar-refractivity contribution is -0.128. The first-order chi connectivity index (χ1) is 10.8. The number of hydrogen-bond acceptors (Lipinski definition) is 3. The third-order valence-corrected chi connectivity index (χ3v) is 3.48. The van der Waals surface area contributed by atoms with E-state index >= 15 is 0 Å². The Bertz CT molecular complexity index is 423. The Kier molecular flexibility index (Phi) is 9.84. The standard InChI is InChI=1S/C19H28O3/c1-3-5-6-7-8-9-10-11-16-21-17-12-14-18(15-13-17)22-19(20)4-2/h4,12-15H,2-3,5-11,16H2,1H3. The van der Waals surface area contributed by atoms with Gasteiger partial charge in [0.1, 0.15) is 11.5 Å². The van der Waals surface area contributed by atoms with Gasteiger partial charge in [-0.15, -0.1) is 0 Å². The van der Waals surface area contributed by atoms with E-state index in [9.17, 15) is 4.79 Å². The molecular weight excluding hydrogens is 276 g/mol. The smallest absolute Gasteiger partial charge is 0.335 e. The third kappa shape index (κ3) is 8.50. The molecule has 122 valence electrons. The zero-order valence-electron chi connectivity index (χ0n) is 13.7. The lowest BCUT2D eigenvalue weighted by Gasteiger charge is -2.07. The first kappa shape index (κ1) is 18.3. The molecule has 0 saturated carbocycles. The fourth-order valence-corrected chi connectivity index (χ4v) is 2.19. The van der Waals surface area contributed by atoms with Crippen molar-refractivity contribution in [1.82, 2.24) is 0 Å². The molecule has 1 rings (SSSR count). The SMILES string of the molecule is C=CC(=O)Oc1ccc(OCCCCCCCCCC)cc1. The Hall–Kier alpha value is -1.77. The molecule has 0 aromatic heterocycles. The van der Waals surface area contributed by atoms with E-state index in [1.807, 2.05) is 12.1 Å². The molecule has 0 N–H and O–H groups in total.